The minimum Gasteiger partial charge on any atom is -0.363 e. The van der Waals surface area contributed by atoms with Crippen molar-refractivity contribution >= 4 is 23.2 Å². The van der Waals surface area contributed by atoms with E-state index < -0.39 is 0 Å². The maximum Gasteiger partial charge on any atom is 0.232 e. The molecule has 4 rings (SSSR count). The number of rotatable bonds is 6. The number of anilines is 1. The summed E-state index contributed by atoms with van der Waals surface area (Å²) < 4.78 is 5.92. The Labute approximate surface area is 166 Å². The summed E-state index contributed by atoms with van der Waals surface area (Å²) in [5.41, 5.74) is 3.21. The van der Waals surface area contributed by atoms with Gasteiger partial charge in [-0.3, -0.25) is 0 Å². The molecule has 0 amide bonds. The van der Waals surface area contributed by atoms with Crippen LogP contribution in [0.2, 0.25) is 0 Å². The lowest BCUT2D eigenvalue weighted by atomic mass is 10.1. The van der Waals surface area contributed by atoms with Crippen LogP contribution in [0.1, 0.15) is 44.6 Å². The number of thiocarbonyl (C=S) groups is 1. The first-order valence-electron chi connectivity index (χ1n) is 10.1. The van der Waals surface area contributed by atoms with Gasteiger partial charge in [-0.25, -0.2) is 0 Å². The molecule has 0 atom stereocenters. The second-order valence-corrected chi connectivity index (χ2v) is 7.81. The number of benzene rings is 1. The van der Waals surface area contributed by atoms with Crippen LogP contribution in [0.25, 0.3) is 11.3 Å². The Morgan fingerprint density at radius 2 is 1.96 bits per heavy atom. The lowest BCUT2D eigenvalue weighted by molar-refractivity contribution is 0.385. The van der Waals surface area contributed by atoms with Gasteiger partial charge in [-0.2, -0.15) is 0 Å². The van der Waals surface area contributed by atoms with Gasteiger partial charge >= 0.3 is 0 Å². The Bertz CT molecular complexity index is 766. The van der Waals surface area contributed by atoms with Crippen LogP contribution < -0.4 is 10.2 Å². The molecule has 1 saturated carbocycles. The van der Waals surface area contributed by atoms with Gasteiger partial charge in [-0.1, -0.05) is 35.5 Å². The first-order valence-corrected chi connectivity index (χ1v) is 10.5. The monoisotopic (exact) mass is 384 g/mol. The summed E-state index contributed by atoms with van der Waals surface area (Å²) in [6, 6.07) is 10.9. The van der Waals surface area contributed by atoms with Crippen molar-refractivity contribution in [3.8, 4) is 11.3 Å². The third kappa shape index (κ3) is 4.10. The summed E-state index contributed by atoms with van der Waals surface area (Å²) >= 11 is 5.67. The van der Waals surface area contributed by atoms with Crippen molar-refractivity contribution in [2.75, 3.05) is 24.5 Å². The zero-order valence-electron chi connectivity index (χ0n) is 16.0. The van der Waals surface area contributed by atoms with Gasteiger partial charge in [0.2, 0.25) is 5.88 Å². The quantitative estimate of drug-likeness (QED) is 0.754. The topological polar surface area (TPSA) is 44.5 Å². The van der Waals surface area contributed by atoms with Crippen LogP contribution in [0, 0.1) is 0 Å². The third-order valence-electron chi connectivity index (χ3n) is 5.36. The number of piperidine rings is 1. The summed E-state index contributed by atoms with van der Waals surface area (Å²) in [5, 5.41) is 8.66. The van der Waals surface area contributed by atoms with Crippen molar-refractivity contribution < 1.29 is 4.52 Å². The van der Waals surface area contributed by atoms with Crippen LogP contribution in [-0.4, -0.2) is 40.8 Å². The number of nitrogens with zero attached hydrogens (tertiary/aromatic N) is 3. The van der Waals surface area contributed by atoms with Crippen LogP contribution in [0.5, 0.6) is 0 Å². The molecule has 1 aliphatic carbocycles. The summed E-state index contributed by atoms with van der Waals surface area (Å²) in [6.45, 7) is 5.76. The van der Waals surface area contributed by atoms with Gasteiger partial charge in [-0.15, -0.1) is 0 Å². The van der Waals surface area contributed by atoms with E-state index in [-0.39, 0.29) is 0 Å². The second-order valence-electron chi connectivity index (χ2n) is 7.42. The van der Waals surface area contributed by atoms with E-state index in [4.69, 9.17) is 16.7 Å². The zero-order chi connectivity index (χ0) is 18.6. The highest BCUT2D eigenvalue weighted by Gasteiger charge is 2.34. The van der Waals surface area contributed by atoms with Crippen LogP contribution in [0.15, 0.2) is 34.9 Å². The van der Waals surface area contributed by atoms with Gasteiger partial charge in [0.05, 0.1) is 12.1 Å². The van der Waals surface area contributed by atoms with Crippen molar-refractivity contribution in [1.82, 2.24) is 15.4 Å². The molecule has 1 aromatic heterocycles. The van der Waals surface area contributed by atoms with Gasteiger partial charge in [0.1, 0.15) is 5.69 Å². The molecule has 2 aliphatic rings. The molecule has 1 N–H and O–H groups in total. The molecular formula is C21H28N4OS. The zero-order valence-corrected chi connectivity index (χ0v) is 16.8. The Morgan fingerprint density at radius 3 is 2.63 bits per heavy atom. The van der Waals surface area contributed by atoms with Crippen molar-refractivity contribution in [2.45, 2.75) is 51.6 Å². The van der Waals surface area contributed by atoms with Gasteiger partial charge in [0.25, 0.3) is 0 Å². The molecule has 2 aromatic rings. The van der Waals surface area contributed by atoms with Crippen molar-refractivity contribution in [3.63, 3.8) is 0 Å². The van der Waals surface area contributed by atoms with E-state index in [2.05, 4.69) is 51.5 Å². The van der Waals surface area contributed by atoms with Gasteiger partial charge < -0.3 is 19.6 Å². The van der Waals surface area contributed by atoms with E-state index in [9.17, 15) is 0 Å². The maximum atomic E-state index is 5.92. The van der Waals surface area contributed by atoms with E-state index >= 15 is 0 Å². The minimum atomic E-state index is 0.532. The number of hydrogen-bond acceptors (Lipinski definition) is 4. The normalized spacial score (nSPS) is 17.0. The van der Waals surface area contributed by atoms with Gasteiger partial charge in [-0.05, 0) is 51.2 Å². The smallest absolute Gasteiger partial charge is 0.232 e. The minimum absolute atomic E-state index is 0.532. The Kier molecular flexibility index (Phi) is 5.62. The molecule has 5 nitrogen and oxygen atoms in total. The molecule has 27 heavy (non-hydrogen) atoms. The van der Waals surface area contributed by atoms with E-state index in [1.807, 2.05) is 6.07 Å². The number of hydrogen-bond donors (Lipinski definition) is 1. The summed E-state index contributed by atoms with van der Waals surface area (Å²) in [4.78, 5) is 4.69. The van der Waals surface area contributed by atoms with E-state index in [1.165, 1.54) is 32.1 Å². The third-order valence-corrected chi connectivity index (χ3v) is 5.74. The predicted molar refractivity (Wildman–Crippen MR) is 113 cm³/mol. The average Bonchev–Trinajstić information content (AvgIpc) is 3.46. The predicted octanol–water partition coefficient (Wildman–Crippen LogP) is 4.19. The first-order chi connectivity index (χ1) is 13.3. The highest BCUT2D eigenvalue weighted by Crippen LogP contribution is 2.36. The second kappa shape index (κ2) is 8.30. The van der Waals surface area contributed by atoms with E-state index in [0.717, 1.165) is 54.0 Å². The summed E-state index contributed by atoms with van der Waals surface area (Å²) in [7, 11) is 0. The molecule has 144 valence electrons. The number of nitrogens with one attached hydrogen (secondary N) is 1. The largest absolute Gasteiger partial charge is 0.363 e. The fourth-order valence-electron chi connectivity index (χ4n) is 3.79. The van der Waals surface area contributed by atoms with Crippen LogP contribution in [0.3, 0.4) is 0 Å². The lowest BCUT2D eigenvalue weighted by Crippen LogP contribution is -2.41. The average molecular weight is 385 g/mol. The fraction of sp³-hybridized carbons (Fsp3) is 0.524. The summed E-state index contributed by atoms with van der Waals surface area (Å²) in [5.74, 6) is 0.929. The molecule has 6 heteroatoms. The highest BCUT2D eigenvalue weighted by atomic mass is 32.1. The van der Waals surface area contributed by atoms with Crippen LogP contribution in [-0.2, 0) is 6.54 Å². The molecule has 0 radical (unpaired) electrons. The van der Waals surface area contributed by atoms with Gasteiger partial charge in [0, 0.05) is 31.2 Å². The Balaban J connectivity index is 1.69. The first kappa shape index (κ1) is 18.3. The van der Waals surface area contributed by atoms with Crippen LogP contribution in [0.4, 0.5) is 5.88 Å². The fourth-order valence-corrected chi connectivity index (χ4v) is 4.15. The van der Waals surface area contributed by atoms with E-state index in [0.29, 0.717) is 6.04 Å². The lowest BCUT2D eigenvalue weighted by Gasteiger charge is -2.29. The van der Waals surface area contributed by atoms with Gasteiger partial charge in [0.15, 0.2) is 5.11 Å². The Morgan fingerprint density at radius 1 is 1.22 bits per heavy atom. The molecule has 1 aromatic carbocycles. The van der Waals surface area contributed by atoms with Crippen molar-refractivity contribution in [1.29, 1.82) is 0 Å². The summed E-state index contributed by atoms with van der Waals surface area (Å²) in [6.07, 6.45) is 6.13. The standard InChI is InChI=1S/C21H28N4OS/c1-2-22-21(27)25(17-11-12-17)15-18-19(16-9-5-3-6-10-16)23-26-20(18)24-13-7-4-8-14-24/h3,5-6,9-10,17H,2,4,7-8,11-15H2,1H3,(H,22,27). The highest BCUT2D eigenvalue weighted by molar-refractivity contribution is 7.80. The molecule has 1 saturated heterocycles. The van der Waals surface area contributed by atoms with E-state index in [1.54, 1.807) is 0 Å². The molecular weight excluding hydrogens is 356 g/mol. The SMILES string of the molecule is CCNC(=S)N(Cc1c(-c2ccccc2)noc1N1CCCCC1)C1CC1. The molecule has 2 heterocycles. The molecule has 2 fully saturated rings. The maximum absolute atomic E-state index is 5.92. The van der Waals surface area contributed by atoms with Crippen molar-refractivity contribution in [2.24, 2.45) is 0 Å². The molecule has 0 spiro atoms. The molecule has 0 unspecified atom stereocenters. The van der Waals surface area contributed by atoms with Crippen LogP contribution >= 0.6 is 12.2 Å². The van der Waals surface area contributed by atoms with Crippen molar-refractivity contribution in [3.05, 3.63) is 35.9 Å². The number of aromatic nitrogens is 1. The Hall–Kier alpha value is -2.08. The molecule has 0 bridgehead atoms. The molecule has 1 aliphatic heterocycles.